The molecule has 0 bridgehead atoms. The van der Waals surface area contributed by atoms with Gasteiger partial charge < -0.3 is 40.5 Å². The van der Waals surface area contributed by atoms with Gasteiger partial charge in [-0.1, -0.05) is 48.0 Å². The molecule has 5 atom stereocenters. The first-order valence-electron chi connectivity index (χ1n) is 12.7. The Morgan fingerprint density at radius 1 is 0.868 bits per heavy atom. The average molecular weight is 553 g/mol. The molecule has 38 heavy (non-hydrogen) atoms. The Hall–Kier alpha value is -1.92. The zero-order chi connectivity index (χ0) is 27.9. The van der Waals surface area contributed by atoms with Crippen molar-refractivity contribution in [1.29, 1.82) is 0 Å². The van der Waals surface area contributed by atoms with E-state index in [2.05, 4.69) is 0 Å². The summed E-state index contributed by atoms with van der Waals surface area (Å²) in [5.74, 6) is -0.118. The summed E-state index contributed by atoms with van der Waals surface area (Å²) in [7, 11) is 0. The van der Waals surface area contributed by atoms with Crippen molar-refractivity contribution in [3.8, 4) is 0 Å². The van der Waals surface area contributed by atoms with Crippen LogP contribution in [0.4, 0.5) is 0 Å². The van der Waals surface area contributed by atoms with Gasteiger partial charge >= 0.3 is 0 Å². The number of rotatable bonds is 13. The van der Waals surface area contributed by atoms with Crippen LogP contribution in [0.5, 0.6) is 0 Å². The molecule has 0 aromatic heterocycles. The van der Waals surface area contributed by atoms with Crippen molar-refractivity contribution in [2.24, 2.45) is 5.41 Å². The molecule has 2 aromatic rings. The molecule has 1 aliphatic heterocycles. The van der Waals surface area contributed by atoms with Gasteiger partial charge in [-0.15, -0.1) is 0 Å². The first-order valence-corrected chi connectivity index (χ1v) is 13.1. The smallest absolute Gasteiger partial charge is 0.133 e. The summed E-state index contributed by atoms with van der Waals surface area (Å²) in [5, 5.41) is 68.7. The molecule has 0 amide bonds. The van der Waals surface area contributed by atoms with Gasteiger partial charge in [-0.3, -0.25) is 4.79 Å². The standard InChI is InChI=1S/C28H37ClO9/c29-22-9-8-19(27-26(37)25(36)24(35)23(13-30)38-27)11-20(22)10-18-6-4-17(5-7-18)2-1-3-21(34)12-28(14-31,15-32)16-33/h4-9,11,23-27,30-33,35-37H,1-3,10,12-16H2/t23-,24-,25+,26-,27+/m1/s1. The number of aryl methyl sites for hydroxylation is 1. The van der Waals surface area contributed by atoms with Crippen LogP contribution in [0, 0.1) is 5.41 Å². The Kier molecular flexibility index (Phi) is 11.2. The Morgan fingerprint density at radius 3 is 2.11 bits per heavy atom. The lowest BCUT2D eigenvalue weighted by Crippen LogP contribution is -2.55. The molecule has 3 rings (SSSR count). The van der Waals surface area contributed by atoms with Gasteiger partial charge in [-0.05, 0) is 47.6 Å². The van der Waals surface area contributed by atoms with Crippen LogP contribution in [-0.4, -0.2) is 92.4 Å². The topological polar surface area (TPSA) is 168 Å². The number of halogens is 1. The van der Waals surface area contributed by atoms with Crippen molar-refractivity contribution >= 4 is 17.4 Å². The highest BCUT2D eigenvalue weighted by molar-refractivity contribution is 6.31. The number of aliphatic hydroxyl groups is 7. The molecule has 1 saturated heterocycles. The summed E-state index contributed by atoms with van der Waals surface area (Å²) in [5.41, 5.74) is 2.19. The summed E-state index contributed by atoms with van der Waals surface area (Å²) in [4.78, 5) is 12.2. The van der Waals surface area contributed by atoms with Crippen LogP contribution >= 0.6 is 11.6 Å². The molecule has 0 aliphatic carbocycles. The third-order valence-corrected chi connectivity index (χ3v) is 7.58. The SMILES string of the molecule is O=C(CCCc1ccc(Cc2cc([C@@H]3O[C@H](CO)[C@@H](O)[C@H](O)[C@H]3O)ccc2Cl)cc1)CC(CO)(CO)CO. The number of ketones is 1. The van der Waals surface area contributed by atoms with Gasteiger partial charge in [0.25, 0.3) is 0 Å². The predicted octanol–water partition coefficient (Wildman–Crippen LogP) is 0.691. The van der Waals surface area contributed by atoms with E-state index in [-0.39, 0.29) is 18.6 Å². The third kappa shape index (κ3) is 7.38. The Morgan fingerprint density at radius 2 is 1.50 bits per heavy atom. The predicted molar refractivity (Wildman–Crippen MR) is 140 cm³/mol. The van der Waals surface area contributed by atoms with E-state index in [9.17, 15) is 40.5 Å². The minimum absolute atomic E-state index is 0.0710. The van der Waals surface area contributed by atoms with E-state index in [1.54, 1.807) is 18.2 Å². The normalized spacial score (nSPS) is 23.9. The average Bonchev–Trinajstić information content (AvgIpc) is 2.93. The summed E-state index contributed by atoms with van der Waals surface area (Å²) < 4.78 is 5.66. The maximum atomic E-state index is 12.2. The van der Waals surface area contributed by atoms with E-state index >= 15 is 0 Å². The number of benzene rings is 2. The molecule has 0 saturated carbocycles. The van der Waals surface area contributed by atoms with Crippen molar-refractivity contribution in [3.63, 3.8) is 0 Å². The summed E-state index contributed by atoms with van der Waals surface area (Å²) in [6, 6.07) is 13.0. The molecule has 210 valence electrons. The fourth-order valence-electron chi connectivity index (χ4n) is 4.64. The number of hydrogen-bond donors (Lipinski definition) is 7. The van der Waals surface area contributed by atoms with Crippen molar-refractivity contribution in [2.45, 2.75) is 62.6 Å². The Balaban J connectivity index is 1.60. The molecule has 1 heterocycles. The molecule has 0 unspecified atom stereocenters. The maximum Gasteiger partial charge on any atom is 0.133 e. The first kappa shape index (κ1) is 30.6. The number of aliphatic hydroxyl groups excluding tert-OH is 7. The highest BCUT2D eigenvalue weighted by Gasteiger charge is 2.44. The van der Waals surface area contributed by atoms with E-state index < -0.39 is 62.4 Å². The van der Waals surface area contributed by atoms with Crippen molar-refractivity contribution in [3.05, 3.63) is 69.7 Å². The molecule has 0 spiro atoms. The summed E-state index contributed by atoms with van der Waals surface area (Å²) in [6.45, 7) is -1.87. The largest absolute Gasteiger partial charge is 0.396 e. The van der Waals surface area contributed by atoms with Crippen LogP contribution in [0.25, 0.3) is 0 Å². The number of hydrogen-bond acceptors (Lipinski definition) is 9. The van der Waals surface area contributed by atoms with E-state index in [1.165, 1.54) is 0 Å². The van der Waals surface area contributed by atoms with Crippen molar-refractivity contribution < 1.29 is 45.3 Å². The second-order valence-corrected chi connectivity index (χ2v) is 10.5. The lowest BCUT2D eigenvalue weighted by atomic mass is 9.84. The van der Waals surface area contributed by atoms with Crippen molar-refractivity contribution in [1.82, 2.24) is 0 Å². The molecule has 10 heteroatoms. The lowest BCUT2D eigenvalue weighted by Gasteiger charge is -2.40. The Labute approximate surface area is 226 Å². The maximum absolute atomic E-state index is 12.2. The van der Waals surface area contributed by atoms with Crippen molar-refractivity contribution in [2.75, 3.05) is 26.4 Å². The zero-order valence-corrected chi connectivity index (χ0v) is 21.9. The first-order chi connectivity index (χ1) is 18.2. The molecular weight excluding hydrogens is 516 g/mol. The van der Waals surface area contributed by atoms with Gasteiger partial charge in [0.1, 0.15) is 36.3 Å². The van der Waals surface area contributed by atoms with Gasteiger partial charge in [0, 0.05) is 23.3 Å². The van der Waals surface area contributed by atoms with Crippen LogP contribution in [0.2, 0.25) is 5.02 Å². The number of carbonyl (C=O) groups excluding carboxylic acids is 1. The third-order valence-electron chi connectivity index (χ3n) is 7.21. The second-order valence-electron chi connectivity index (χ2n) is 10.1. The fourth-order valence-corrected chi connectivity index (χ4v) is 4.83. The highest BCUT2D eigenvalue weighted by Crippen LogP contribution is 2.34. The molecule has 1 fully saturated rings. The minimum atomic E-state index is -1.46. The van der Waals surface area contributed by atoms with Crippen LogP contribution in [0.3, 0.4) is 0 Å². The molecule has 7 N–H and O–H groups in total. The van der Waals surface area contributed by atoms with Crippen LogP contribution in [0.15, 0.2) is 42.5 Å². The molecule has 0 radical (unpaired) electrons. The van der Waals surface area contributed by atoms with Crippen LogP contribution in [0.1, 0.15) is 47.6 Å². The van der Waals surface area contributed by atoms with Gasteiger partial charge in [-0.2, -0.15) is 0 Å². The fraction of sp³-hybridized carbons (Fsp3) is 0.536. The van der Waals surface area contributed by atoms with Crippen LogP contribution in [-0.2, 0) is 22.4 Å². The quantitative estimate of drug-likeness (QED) is 0.189. The summed E-state index contributed by atoms with van der Waals surface area (Å²) >= 11 is 6.42. The monoisotopic (exact) mass is 552 g/mol. The Bertz CT molecular complexity index is 1030. The minimum Gasteiger partial charge on any atom is -0.396 e. The molecule has 1 aliphatic rings. The second kappa shape index (κ2) is 13.9. The molecule has 2 aromatic carbocycles. The van der Waals surface area contributed by atoms with E-state index in [0.29, 0.717) is 29.8 Å². The molecule has 9 nitrogen and oxygen atoms in total. The van der Waals surface area contributed by atoms with E-state index in [4.69, 9.17) is 16.3 Å². The van der Waals surface area contributed by atoms with Gasteiger partial charge in [0.15, 0.2) is 0 Å². The lowest BCUT2D eigenvalue weighted by molar-refractivity contribution is -0.231. The number of carbonyl (C=O) groups is 1. The highest BCUT2D eigenvalue weighted by atomic mass is 35.5. The van der Waals surface area contributed by atoms with E-state index in [0.717, 1.165) is 16.7 Å². The molecular formula is C28H37ClO9. The van der Waals surface area contributed by atoms with E-state index in [1.807, 2.05) is 24.3 Å². The summed E-state index contributed by atoms with van der Waals surface area (Å²) in [6.07, 6.45) is -4.23. The zero-order valence-electron chi connectivity index (χ0n) is 21.1. The van der Waals surface area contributed by atoms with Gasteiger partial charge in [0.05, 0.1) is 26.4 Å². The van der Waals surface area contributed by atoms with Gasteiger partial charge in [-0.25, -0.2) is 0 Å². The number of ether oxygens (including phenoxy) is 1. The van der Waals surface area contributed by atoms with Crippen LogP contribution < -0.4 is 0 Å². The number of Topliss-reactive ketones (excluding diaryl/α,β-unsaturated/α-hetero) is 1. The van der Waals surface area contributed by atoms with Gasteiger partial charge in [0.2, 0.25) is 0 Å².